The molecule has 0 saturated heterocycles. The third-order valence-corrected chi connectivity index (χ3v) is 23.8. The van der Waals surface area contributed by atoms with E-state index in [4.69, 9.17) is 24.9 Å². The van der Waals surface area contributed by atoms with E-state index in [1.807, 2.05) is 60.7 Å². The molecular weight excluding hydrogens is 1360 g/mol. The average molecular weight is 1420 g/mol. The van der Waals surface area contributed by atoms with Gasteiger partial charge in [0.05, 0.1) is 55.7 Å². The van der Waals surface area contributed by atoms with Crippen LogP contribution in [0, 0.1) is 0 Å². The van der Waals surface area contributed by atoms with Gasteiger partial charge in [-0.15, -0.1) is 0 Å². The van der Waals surface area contributed by atoms with Crippen molar-refractivity contribution in [1.29, 1.82) is 0 Å². The van der Waals surface area contributed by atoms with Crippen LogP contribution in [0.15, 0.2) is 394 Å². The highest BCUT2D eigenvalue weighted by molar-refractivity contribution is 6.16. The summed E-state index contributed by atoms with van der Waals surface area (Å²) in [7, 11) is 0. The van der Waals surface area contributed by atoms with Gasteiger partial charge in [-0.05, 0) is 156 Å². The van der Waals surface area contributed by atoms with Crippen LogP contribution in [0.2, 0.25) is 0 Å². The van der Waals surface area contributed by atoms with Gasteiger partial charge in [-0.1, -0.05) is 328 Å². The molecule has 112 heavy (non-hydrogen) atoms. The molecule has 24 rings (SSSR count). The Morgan fingerprint density at radius 1 is 0.179 bits per heavy atom. The third-order valence-electron chi connectivity index (χ3n) is 23.8. The van der Waals surface area contributed by atoms with Crippen LogP contribution in [0.3, 0.4) is 0 Å². The Kier molecular flexibility index (Phi) is 14.1. The fourth-order valence-corrected chi connectivity index (χ4v) is 19.2. The van der Waals surface area contributed by atoms with E-state index in [0.29, 0.717) is 23.3 Å². The Labute approximate surface area is 647 Å². The lowest BCUT2D eigenvalue weighted by molar-refractivity contribution is 0.749. The second-order valence-corrected chi connectivity index (χ2v) is 29.7. The first kappa shape index (κ1) is 63.3. The van der Waals surface area contributed by atoms with Gasteiger partial charge < -0.3 is 9.13 Å². The van der Waals surface area contributed by atoms with Gasteiger partial charge in [0.15, 0.2) is 23.3 Å². The molecule has 0 radical (unpaired) electrons. The summed E-state index contributed by atoms with van der Waals surface area (Å²) < 4.78 is 5.02. The van der Waals surface area contributed by atoms with E-state index in [0.717, 1.165) is 61.5 Å². The number of nitrogens with zero attached hydrogens (tertiary/aromatic N) is 7. The highest BCUT2D eigenvalue weighted by atomic mass is 15.0. The number of aromatic nitrogens is 7. The van der Waals surface area contributed by atoms with Crippen LogP contribution in [0.5, 0.6) is 0 Å². The maximum Gasteiger partial charge on any atom is 0.164 e. The zero-order valence-electron chi connectivity index (χ0n) is 60.7. The second-order valence-electron chi connectivity index (χ2n) is 29.7. The highest BCUT2D eigenvalue weighted by Crippen LogP contribution is 2.64. The van der Waals surface area contributed by atoms with E-state index in [2.05, 4.69) is 343 Å². The van der Waals surface area contributed by atoms with Crippen molar-refractivity contribution in [2.24, 2.45) is 0 Å². The Morgan fingerprint density at radius 2 is 0.482 bits per heavy atom. The van der Waals surface area contributed by atoms with Gasteiger partial charge in [0.1, 0.15) is 0 Å². The molecule has 2 aliphatic heterocycles. The van der Waals surface area contributed by atoms with Gasteiger partial charge in [0, 0.05) is 54.9 Å². The van der Waals surface area contributed by atoms with Crippen LogP contribution < -0.4 is 0 Å². The largest absolute Gasteiger partial charge is 0.309 e. The van der Waals surface area contributed by atoms with Crippen molar-refractivity contribution in [3.8, 4) is 124 Å². The third kappa shape index (κ3) is 9.31. The summed E-state index contributed by atoms with van der Waals surface area (Å²) in [6.45, 7) is 0. The van der Waals surface area contributed by atoms with Crippen LogP contribution >= 0.6 is 0 Å². The van der Waals surface area contributed by atoms with Crippen molar-refractivity contribution < 1.29 is 0 Å². The van der Waals surface area contributed by atoms with E-state index in [9.17, 15) is 0 Å². The van der Waals surface area contributed by atoms with Crippen LogP contribution in [-0.2, 0) is 10.8 Å². The molecule has 2 aliphatic carbocycles. The number of para-hydroxylation sites is 4. The summed E-state index contributed by atoms with van der Waals surface area (Å²) in [5.74, 6) is 2.66. The molecule has 7 nitrogen and oxygen atoms in total. The lowest BCUT2D eigenvalue weighted by Crippen LogP contribution is -2.33. The lowest BCUT2D eigenvalue weighted by Gasteiger charge is -2.39. The highest BCUT2D eigenvalue weighted by Gasteiger charge is 2.53. The number of fused-ring (bicyclic) bond motifs is 24. The first-order valence-electron chi connectivity index (χ1n) is 38.4. The average Bonchev–Trinajstić information content (AvgIpc) is 1.49. The minimum absolute atomic E-state index is 0.498. The fraction of sp³-hybridized carbons (Fsp3) is 0.0190. The molecule has 0 N–H and O–H groups in total. The quantitative estimate of drug-likeness (QED) is 0.152. The molecule has 2 spiro atoms. The van der Waals surface area contributed by atoms with Crippen molar-refractivity contribution in [1.82, 2.24) is 34.1 Å². The first-order valence-corrected chi connectivity index (χ1v) is 38.4. The van der Waals surface area contributed by atoms with Gasteiger partial charge >= 0.3 is 0 Å². The van der Waals surface area contributed by atoms with E-state index >= 15 is 0 Å². The number of hydrogen-bond donors (Lipinski definition) is 0. The molecular formula is C105H65N7. The van der Waals surface area contributed by atoms with E-state index < -0.39 is 10.8 Å². The Bertz CT molecular complexity index is 6620. The van der Waals surface area contributed by atoms with E-state index in [1.54, 1.807) is 0 Å². The topological polar surface area (TPSA) is 74.3 Å². The predicted octanol–water partition coefficient (Wildman–Crippen LogP) is 25.2. The standard InChI is InChI=1S/C53H33N3.C52H32N4/c1-3-16-34(17-4-1)47-33-48(55-52(54-47)35-18-5-2-6-19-35)37-21-15-20-36(30-37)38-31-42-41-24-9-13-28-49(41)56-50-29-14-12-27-45(50)53(46(32-38)51(42)56)43-25-10-7-22-39(43)40-23-8-11-26-44(40)53;1-3-16-33(17-4-1)49-53-50(34-18-5-2-6-19-34)55-51(54-49)36-21-15-20-35(30-36)37-31-41-40-24-9-13-28-46(40)56-47-29-14-12-27-44(47)52(45(32-37)48(41)56)42-25-10-7-22-38(42)39-23-8-11-26-43(39)52/h1-33H;1-32H. The van der Waals surface area contributed by atoms with Crippen molar-refractivity contribution in [2.45, 2.75) is 10.8 Å². The van der Waals surface area contributed by atoms with Crippen molar-refractivity contribution in [3.05, 3.63) is 439 Å². The molecule has 4 aliphatic rings. The van der Waals surface area contributed by atoms with E-state index in [-0.39, 0.29) is 0 Å². The van der Waals surface area contributed by atoms with Crippen LogP contribution in [0.4, 0.5) is 0 Å². The summed E-state index contributed by atoms with van der Waals surface area (Å²) in [6, 6.07) is 142. The lowest BCUT2D eigenvalue weighted by atomic mass is 9.65. The summed E-state index contributed by atoms with van der Waals surface area (Å²) in [6.07, 6.45) is 0. The Balaban J connectivity index is 0.000000134. The molecule has 0 saturated carbocycles. The number of benzene rings is 16. The molecule has 0 amide bonds. The molecule has 16 aromatic carbocycles. The van der Waals surface area contributed by atoms with Gasteiger partial charge in [0.25, 0.3) is 0 Å². The van der Waals surface area contributed by atoms with Crippen molar-refractivity contribution in [2.75, 3.05) is 0 Å². The number of hydrogen-bond acceptors (Lipinski definition) is 5. The smallest absolute Gasteiger partial charge is 0.164 e. The summed E-state index contributed by atoms with van der Waals surface area (Å²) in [5, 5.41) is 5.00. The van der Waals surface area contributed by atoms with Gasteiger partial charge in [-0.2, -0.15) is 0 Å². The van der Waals surface area contributed by atoms with E-state index in [1.165, 1.54) is 127 Å². The van der Waals surface area contributed by atoms with Gasteiger partial charge in [-0.25, -0.2) is 24.9 Å². The van der Waals surface area contributed by atoms with Crippen molar-refractivity contribution >= 4 is 43.6 Å². The first-order chi connectivity index (χ1) is 55.5. The Morgan fingerprint density at radius 3 is 0.911 bits per heavy atom. The van der Waals surface area contributed by atoms with Crippen LogP contribution in [-0.4, -0.2) is 34.1 Å². The SMILES string of the molecule is c1ccc(-c2cc(-c3cccc(-c4cc5c6c(c4)c4ccccc4n6-c4ccccc4C54c5ccccc5-c5ccccc54)c3)nc(-c3ccccc3)n2)cc1.c1ccc(-c2nc(-c3ccccc3)nc(-c3cccc(-c4cc5c6c(c4)c4ccccc4n6-c4ccccc4C54c5ccccc5-c5ccccc54)c3)n2)cc1. The normalized spacial score (nSPS) is 13.1. The minimum Gasteiger partial charge on any atom is -0.309 e. The molecule has 20 aromatic rings. The zero-order chi connectivity index (χ0) is 73.6. The summed E-state index contributed by atoms with van der Waals surface area (Å²) in [5.41, 5.74) is 34.4. The molecule has 520 valence electrons. The van der Waals surface area contributed by atoms with Gasteiger partial charge in [-0.3, -0.25) is 0 Å². The van der Waals surface area contributed by atoms with Crippen LogP contribution in [0.1, 0.15) is 44.5 Å². The molecule has 6 heterocycles. The molecule has 4 aromatic heterocycles. The summed E-state index contributed by atoms with van der Waals surface area (Å²) >= 11 is 0. The monoisotopic (exact) mass is 1420 g/mol. The second kappa shape index (κ2) is 24.9. The number of rotatable bonds is 8. The van der Waals surface area contributed by atoms with Crippen molar-refractivity contribution in [3.63, 3.8) is 0 Å². The molecule has 0 bridgehead atoms. The van der Waals surface area contributed by atoms with Gasteiger partial charge in [0.2, 0.25) is 0 Å². The predicted molar refractivity (Wildman–Crippen MR) is 456 cm³/mol. The molecule has 7 heteroatoms. The fourth-order valence-electron chi connectivity index (χ4n) is 19.2. The zero-order valence-corrected chi connectivity index (χ0v) is 60.7. The summed E-state index contributed by atoms with van der Waals surface area (Å²) in [4.78, 5) is 25.3. The Hall–Kier alpha value is -14.8. The maximum atomic E-state index is 5.19. The van der Waals surface area contributed by atoms with Crippen LogP contribution in [0.25, 0.3) is 168 Å². The molecule has 0 atom stereocenters. The molecule has 0 unspecified atom stereocenters. The maximum absolute atomic E-state index is 5.19. The minimum atomic E-state index is -0.511. The molecule has 0 fully saturated rings.